The molecule has 2 N–H and O–H groups in total. The molecule has 1 saturated heterocycles. The first-order chi connectivity index (χ1) is 9.56. The van der Waals surface area contributed by atoms with Gasteiger partial charge in [-0.15, -0.1) is 12.4 Å². The van der Waals surface area contributed by atoms with Crippen LogP contribution in [0.25, 0.3) is 0 Å². The van der Waals surface area contributed by atoms with E-state index in [1.807, 2.05) is 31.3 Å². The van der Waals surface area contributed by atoms with E-state index < -0.39 is 0 Å². The Labute approximate surface area is 141 Å². The maximum absolute atomic E-state index is 12.3. The SMILES string of the molecule is CN(Cc1ccccc1Br)C(=O)CN1CCCC(N)C1.Cl. The van der Waals surface area contributed by atoms with E-state index in [1.165, 1.54) is 0 Å². The molecule has 0 aliphatic carbocycles. The average Bonchev–Trinajstić information content (AvgIpc) is 2.41. The third-order valence-electron chi connectivity index (χ3n) is 3.69. The first-order valence-electron chi connectivity index (χ1n) is 7.01. The molecule has 1 unspecified atom stereocenters. The zero-order valence-electron chi connectivity index (χ0n) is 12.3. The molecule has 0 saturated carbocycles. The van der Waals surface area contributed by atoms with E-state index >= 15 is 0 Å². The number of likely N-dealkylation sites (N-methyl/N-ethyl adjacent to an activating group) is 1. The number of hydrogen-bond donors (Lipinski definition) is 1. The Morgan fingerprint density at radius 2 is 2.19 bits per heavy atom. The van der Waals surface area contributed by atoms with Crippen LogP contribution in [0.15, 0.2) is 28.7 Å². The fourth-order valence-electron chi connectivity index (χ4n) is 2.52. The van der Waals surface area contributed by atoms with E-state index in [1.54, 1.807) is 4.90 Å². The summed E-state index contributed by atoms with van der Waals surface area (Å²) in [5.74, 6) is 0.148. The molecular weight excluding hydrogens is 354 g/mol. The summed E-state index contributed by atoms with van der Waals surface area (Å²) in [6, 6.07) is 8.21. The van der Waals surface area contributed by atoms with Gasteiger partial charge >= 0.3 is 0 Å². The average molecular weight is 377 g/mol. The number of carbonyl (C=O) groups is 1. The first kappa shape index (κ1) is 18.4. The van der Waals surface area contributed by atoms with Crippen molar-refractivity contribution in [3.63, 3.8) is 0 Å². The maximum atomic E-state index is 12.3. The van der Waals surface area contributed by atoms with E-state index in [-0.39, 0.29) is 24.4 Å². The first-order valence-corrected chi connectivity index (χ1v) is 7.81. The van der Waals surface area contributed by atoms with Crippen LogP contribution in [0.1, 0.15) is 18.4 Å². The van der Waals surface area contributed by atoms with Crippen LogP contribution < -0.4 is 5.73 Å². The van der Waals surface area contributed by atoms with E-state index in [9.17, 15) is 4.79 Å². The fourth-order valence-corrected chi connectivity index (χ4v) is 2.93. The smallest absolute Gasteiger partial charge is 0.236 e. The van der Waals surface area contributed by atoms with Gasteiger partial charge in [0.25, 0.3) is 0 Å². The maximum Gasteiger partial charge on any atom is 0.236 e. The van der Waals surface area contributed by atoms with E-state index in [0.717, 1.165) is 36.0 Å². The third-order valence-corrected chi connectivity index (χ3v) is 4.47. The van der Waals surface area contributed by atoms with Gasteiger partial charge in [0, 0.05) is 30.7 Å². The second-order valence-corrected chi connectivity index (χ2v) is 6.33. The molecule has 0 radical (unpaired) electrons. The minimum Gasteiger partial charge on any atom is -0.340 e. The molecule has 1 aliphatic rings. The van der Waals surface area contributed by atoms with Gasteiger partial charge in [-0.1, -0.05) is 34.1 Å². The summed E-state index contributed by atoms with van der Waals surface area (Å²) in [6.07, 6.45) is 2.15. The van der Waals surface area contributed by atoms with Crippen LogP contribution in [0.5, 0.6) is 0 Å². The Hall–Kier alpha value is -0.620. The van der Waals surface area contributed by atoms with Crippen LogP contribution >= 0.6 is 28.3 Å². The van der Waals surface area contributed by atoms with Crippen LogP contribution in [-0.2, 0) is 11.3 Å². The standard InChI is InChI=1S/C15H22BrN3O.ClH/c1-18(9-12-5-2-3-7-14(12)16)15(20)11-19-8-4-6-13(17)10-19;/h2-3,5,7,13H,4,6,8-11,17H2,1H3;1H. The lowest BCUT2D eigenvalue weighted by Gasteiger charge is -2.31. The highest BCUT2D eigenvalue weighted by Crippen LogP contribution is 2.17. The number of likely N-dealkylation sites (tertiary alicyclic amines) is 1. The number of halogens is 2. The lowest BCUT2D eigenvalue weighted by molar-refractivity contribution is -0.131. The number of piperidine rings is 1. The molecule has 1 aliphatic heterocycles. The molecule has 1 fully saturated rings. The van der Waals surface area contributed by atoms with Gasteiger partial charge in [-0.25, -0.2) is 0 Å². The van der Waals surface area contributed by atoms with Crippen molar-refractivity contribution in [3.8, 4) is 0 Å². The predicted octanol–water partition coefficient (Wildman–Crippen LogP) is 2.25. The summed E-state index contributed by atoms with van der Waals surface area (Å²) >= 11 is 3.52. The molecule has 21 heavy (non-hydrogen) atoms. The number of nitrogens with zero attached hydrogens (tertiary/aromatic N) is 2. The summed E-state index contributed by atoms with van der Waals surface area (Å²) in [6.45, 7) is 2.89. The zero-order valence-corrected chi connectivity index (χ0v) is 14.7. The minimum absolute atomic E-state index is 0. The number of carbonyl (C=O) groups excluding carboxylic acids is 1. The Balaban J connectivity index is 0.00000220. The van der Waals surface area contributed by atoms with Gasteiger partial charge in [0.05, 0.1) is 6.54 Å². The summed E-state index contributed by atoms with van der Waals surface area (Å²) in [4.78, 5) is 16.2. The van der Waals surface area contributed by atoms with Crippen molar-refractivity contribution >= 4 is 34.2 Å². The van der Waals surface area contributed by atoms with Crippen molar-refractivity contribution < 1.29 is 4.79 Å². The molecule has 0 spiro atoms. The molecule has 4 nitrogen and oxygen atoms in total. The van der Waals surface area contributed by atoms with Crippen molar-refractivity contribution in [1.82, 2.24) is 9.80 Å². The number of amides is 1. The number of rotatable bonds is 4. The number of hydrogen-bond acceptors (Lipinski definition) is 3. The Morgan fingerprint density at radius 1 is 1.48 bits per heavy atom. The minimum atomic E-state index is 0. The van der Waals surface area contributed by atoms with Gasteiger partial charge in [-0.2, -0.15) is 0 Å². The molecule has 0 bridgehead atoms. The van der Waals surface area contributed by atoms with Gasteiger partial charge in [-0.3, -0.25) is 9.69 Å². The molecule has 118 valence electrons. The second kappa shape index (κ2) is 8.73. The highest BCUT2D eigenvalue weighted by molar-refractivity contribution is 9.10. The molecule has 6 heteroatoms. The van der Waals surface area contributed by atoms with Gasteiger partial charge < -0.3 is 10.6 Å². The molecule has 1 atom stereocenters. The molecule has 2 rings (SSSR count). The lowest BCUT2D eigenvalue weighted by atomic mass is 10.1. The number of nitrogens with two attached hydrogens (primary N) is 1. The summed E-state index contributed by atoms with van der Waals surface area (Å²) < 4.78 is 1.04. The Kier molecular flexibility index (Phi) is 7.66. The predicted molar refractivity (Wildman–Crippen MR) is 91.5 cm³/mol. The van der Waals surface area contributed by atoms with Crippen LogP contribution in [0.2, 0.25) is 0 Å². The monoisotopic (exact) mass is 375 g/mol. The van der Waals surface area contributed by atoms with Gasteiger partial charge in [-0.05, 0) is 31.0 Å². The van der Waals surface area contributed by atoms with Crippen LogP contribution in [0, 0.1) is 0 Å². The highest BCUT2D eigenvalue weighted by Gasteiger charge is 2.20. The Morgan fingerprint density at radius 3 is 2.86 bits per heavy atom. The highest BCUT2D eigenvalue weighted by atomic mass is 79.9. The van der Waals surface area contributed by atoms with Crippen molar-refractivity contribution in [3.05, 3.63) is 34.3 Å². The third kappa shape index (κ3) is 5.58. The van der Waals surface area contributed by atoms with Crippen molar-refractivity contribution in [2.24, 2.45) is 5.73 Å². The van der Waals surface area contributed by atoms with Gasteiger partial charge in [0.15, 0.2) is 0 Å². The lowest BCUT2D eigenvalue weighted by Crippen LogP contribution is -2.47. The van der Waals surface area contributed by atoms with E-state index in [0.29, 0.717) is 13.1 Å². The normalized spacial score (nSPS) is 18.9. The largest absolute Gasteiger partial charge is 0.340 e. The summed E-state index contributed by atoms with van der Waals surface area (Å²) in [7, 11) is 1.85. The van der Waals surface area contributed by atoms with Crippen LogP contribution in [0.3, 0.4) is 0 Å². The van der Waals surface area contributed by atoms with Crippen molar-refractivity contribution in [1.29, 1.82) is 0 Å². The molecule has 1 heterocycles. The molecule has 1 amide bonds. The van der Waals surface area contributed by atoms with E-state index in [4.69, 9.17) is 5.73 Å². The van der Waals surface area contributed by atoms with Gasteiger partial charge in [0.1, 0.15) is 0 Å². The quantitative estimate of drug-likeness (QED) is 0.877. The van der Waals surface area contributed by atoms with Crippen molar-refractivity contribution in [2.45, 2.75) is 25.4 Å². The van der Waals surface area contributed by atoms with Gasteiger partial charge in [0.2, 0.25) is 5.91 Å². The molecular formula is C15H23BrClN3O. The topological polar surface area (TPSA) is 49.6 Å². The molecule has 1 aromatic carbocycles. The Bertz CT molecular complexity index is 472. The molecule has 0 aromatic heterocycles. The second-order valence-electron chi connectivity index (χ2n) is 5.48. The van der Waals surface area contributed by atoms with E-state index in [2.05, 4.69) is 20.8 Å². The van der Waals surface area contributed by atoms with Crippen LogP contribution in [-0.4, -0.2) is 48.4 Å². The molecule has 1 aromatic rings. The number of benzene rings is 1. The zero-order chi connectivity index (χ0) is 14.5. The van der Waals surface area contributed by atoms with Crippen molar-refractivity contribution in [2.75, 3.05) is 26.7 Å². The summed E-state index contributed by atoms with van der Waals surface area (Å²) in [5, 5.41) is 0. The van der Waals surface area contributed by atoms with Crippen LogP contribution in [0.4, 0.5) is 0 Å². The fraction of sp³-hybridized carbons (Fsp3) is 0.533. The summed E-state index contributed by atoms with van der Waals surface area (Å²) in [5.41, 5.74) is 7.07.